The molecule has 2 aliphatic rings. The summed E-state index contributed by atoms with van der Waals surface area (Å²) < 4.78 is 18.6. The summed E-state index contributed by atoms with van der Waals surface area (Å²) in [5.74, 6) is 1.20. The van der Waals surface area contributed by atoms with Crippen molar-refractivity contribution in [1.82, 2.24) is 24.7 Å². The Hall–Kier alpha value is -4.33. The van der Waals surface area contributed by atoms with Crippen molar-refractivity contribution < 1.29 is 19.0 Å². The van der Waals surface area contributed by atoms with E-state index in [0.29, 0.717) is 75.1 Å². The molecular formula is C31H35Cl2N9O4. The van der Waals surface area contributed by atoms with Crippen molar-refractivity contribution in [3.05, 3.63) is 52.9 Å². The average Bonchev–Trinajstić information content (AvgIpc) is 3.81. The van der Waals surface area contributed by atoms with Gasteiger partial charge in [-0.2, -0.15) is 5.10 Å². The van der Waals surface area contributed by atoms with Gasteiger partial charge in [0.1, 0.15) is 17.0 Å². The minimum Gasteiger partial charge on any atom is -0.495 e. The molecule has 0 aliphatic carbocycles. The van der Waals surface area contributed by atoms with Gasteiger partial charge in [-0.1, -0.05) is 29.3 Å². The van der Waals surface area contributed by atoms with Gasteiger partial charge in [0.25, 0.3) is 0 Å². The second-order valence-corrected chi connectivity index (χ2v) is 12.0. The van der Waals surface area contributed by atoms with E-state index < -0.39 is 5.91 Å². The number of methoxy groups -OCH3 is 2. The molecule has 2 saturated heterocycles. The Kier molecular flexibility index (Phi) is 9.34. The Balaban J connectivity index is 1.37. The lowest BCUT2D eigenvalue weighted by Crippen LogP contribution is -2.29. The highest BCUT2D eigenvalue weighted by molar-refractivity contribution is 6.41. The number of aryl methyl sites for hydroxylation is 1. The van der Waals surface area contributed by atoms with Crippen LogP contribution in [0.2, 0.25) is 10.0 Å². The first-order valence-electron chi connectivity index (χ1n) is 14.9. The molecule has 15 heteroatoms. The van der Waals surface area contributed by atoms with E-state index in [9.17, 15) is 4.79 Å². The van der Waals surface area contributed by atoms with Crippen molar-refractivity contribution in [2.24, 2.45) is 18.7 Å². The topological polar surface area (TPSA) is 155 Å². The summed E-state index contributed by atoms with van der Waals surface area (Å²) in [5, 5.41) is 12.6. The number of hydrogen-bond donors (Lipinski definition) is 3. The number of ether oxygens (including phenoxy) is 3. The maximum absolute atomic E-state index is 11.6. The first kappa shape index (κ1) is 31.6. The van der Waals surface area contributed by atoms with Crippen LogP contribution in [0, 0.1) is 5.92 Å². The number of nitrogens with zero attached hydrogens (tertiary/aromatic N) is 6. The van der Waals surface area contributed by atoms with Gasteiger partial charge >= 0.3 is 0 Å². The number of primary amides is 1. The number of aromatic nitrogens is 5. The molecule has 1 unspecified atom stereocenters. The number of anilines is 3. The normalized spacial score (nSPS) is 19.7. The third-order valence-corrected chi connectivity index (χ3v) is 8.91. The first-order chi connectivity index (χ1) is 22.2. The Morgan fingerprint density at radius 1 is 1.15 bits per heavy atom. The molecule has 3 aromatic heterocycles. The lowest BCUT2D eigenvalue weighted by atomic mass is 10.0. The fourth-order valence-corrected chi connectivity index (χ4v) is 6.52. The van der Waals surface area contributed by atoms with Crippen molar-refractivity contribution in [2.45, 2.75) is 25.0 Å². The van der Waals surface area contributed by atoms with Gasteiger partial charge in [0, 0.05) is 68.6 Å². The van der Waals surface area contributed by atoms with Crippen LogP contribution in [-0.2, 0) is 16.6 Å². The van der Waals surface area contributed by atoms with Gasteiger partial charge in [-0.3, -0.25) is 9.48 Å². The average molecular weight is 669 g/mol. The number of hydrogen-bond acceptors (Lipinski definition) is 11. The molecule has 5 heterocycles. The predicted molar refractivity (Wildman–Crippen MR) is 178 cm³/mol. The molecule has 6 rings (SSSR count). The van der Waals surface area contributed by atoms with E-state index >= 15 is 0 Å². The number of amides is 1. The smallest absolute Gasteiger partial charge is 0.241 e. The summed E-state index contributed by atoms with van der Waals surface area (Å²) in [6.07, 6.45) is 10.7. The van der Waals surface area contributed by atoms with Crippen LogP contribution in [0.3, 0.4) is 0 Å². The van der Waals surface area contributed by atoms with Gasteiger partial charge in [0.15, 0.2) is 5.82 Å². The molecule has 13 nitrogen and oxygen atoms in total. The van der Waals surface area contributed by atoms with Crippen LogP contribution in [0.4, 0.5) is 17.5 Å². The molecule has 46 heavy (non-hydrogen) atoms. The van der Waals surface area contributed by atoms with Crippen molar-refractivity contribution in [3.8, 4) is 22.8 Å². The lowest BCUT2D eigenvalue weighted by Gasteiger charge is -2.19. The number of carbonyl (C=O) groups is 1. The molecule has 1 amide bonds. The predicted octanol–water partition coefficient (Wildman–Crippen LogP) is 4.30. The zero-order valence-electron chi connectivity index (χ0n) is 25.7. The van der Waals surface area contributed by atoms with E-state index in [0.717, 1.165) is 25.1 Å². The second-order valence-electron chi connectivity index (χ2n) is 11.2. The SMILES string of the molecule is COc1cc(OC)c(Cl)c(-c2cc3cnc(N[C@H]4CN(c5cnn(C)c5)C[C@@H]4C=CC(N)=O)nc3c(NCC3CCCO3)n2)c1Cl. The summed E-state index contributed by atoms with van der Waals surface area (Å²) in [4.78, 5) is 28.3. The van der Waals surface area contributed by atoms with Crippen LogP contribution in [-0.4, -0.2) is 83.2 Å². The molecule has 3 atom stereocenters. The number of halogens is 2. The zero-order chi connectivity index (χ0) is 32.4. The lowest BCUT2D eigenvalue weighted by molar-refractivity contribution is -0.113. The van der Waals surface area contributed by atoms with E-state index in [2.05, 4.69) is 25.6 Å². The van der Waals surface area contributed by atoms with E-state index in [-0.39, 0.29) is 18.1 Å². The maximum Gasteiger partial charge on any atom is 0.241 e. The van der Waals surface area contributed by atoms with Gasteiger partial charge in [-0.15, -0.1) is 0 Å². The Morgan fingerprint density at radius 3 is 2.59 bits per heavy atom. The highest BCUT2D eigenvalue weighted by Gasteiger charge is 2.33. The van der Waals surface area contributed by atoms with Gasteiger partial charge < -0.3 is 35.5 Å². The Labute approximate surface area is 276 Å². The molecule has 0 spiro atoms. The molecule has 2 fully saturated rings. The molecule has 1 aromatic carbocycles. The number of carbonyl (C=O) groups excluding carboxylic acids is 1. The standard InChI is InChI=1S/C31H35Cl2N9O4/c1-41-15-19(12-37-41)42-14-17(6-7-25(34)43)22(16-42)39-31-36-11-18-9-21(26-27(32)23(44-2)10-24(45-3)28(26)33)38-30(29(18)40-31)35-13-20-5-4-8-46-20/h6-7,9-12,15,17,20,22H,4-5,8,13-14,16H2,1-3H3,(H2,34,43)(H,35,38)(H,36,39,40)/t17-,20?,22-/m0/s1. The van der Waals surface area contributed by atoms with Crippen molar-refractivity contribution >= 4 is 57.5 Å². The first-order valence-corrected chi connectivity index (χ1v) is 15.6. The summed E-state index contributed by atoms with van der Waals surface area (Å²) in [6.45, 7) is 2.57. The van der Waals surface area contributed by atoms with Gasteiger partial charge in [0.2, 0.25) is 11.9 Å². The zero-order valence-corrected chi connectivity index (χ0v) is 27.2. The summed E-state index contributed by atoms with van der Waals surface area (Å²) >= 11 is 13.5. The van der Waals surface area contributed by atoms with Crippen molar-refractivity contribution in [3.63, 3.8) is 0 Å². The second kappa shape index (κ2) is 13.6. The van der Waals surface area contributed by atoms with Crippen LogP contribution in [0.25, 0.3) is 22.2 Å². The van der Waals surface area contributed by atoms with Crippen LogP contribution in [0.15, 0.2) is 42.9 Å². The highest BCUT2D eigenvalue weighted by Crippen LogP contribution is 2.46. The molecule has 0 saturated carbocycles. The summed E-state index contributed by atoms with van der Waals surface area (Å²) in [7, 11) is 4.93. The third kappa shape index (κ3) is 6.62. The number of fused-ring (bicyclic) bond motifs is 1. The fourth-order valence-electron chi connectivity index (χ4n) is 5.83. The van der Waals surface area contributed by atoms with Crippen molar-refractivity contribution in [2.75, 3.05) is 56.0 Å². The van der Waals surface area contributed by atoms with Crippen LogP contribution in [0.5, 0.6) is 11.5 Å². The van der Waals surface area contributed by atoms with E-state index in [1.165, 1.54) is 20.3 Å². The minimum atomic E-state index is -0.502. The highest BCUT2D eigenvalue weighted by atomic mass is 35.5. The van der Waals surface area contributed by atoms with Crippen LogP contribution >= 0.6 is 23.2 Å². The minimum absolute atomic E-state index is 0.0445. The molecule has 242 valence electrons. The van der Waals surface area contributed by atoms with Gasteiger partial charge in [-0.25, -0.2) is 15.0 Å². The molecule has 0 bridgehead atoms. The fraction of sp³-hybridized carbons (Fsp3) is 0.387. The molecule has 0 radical (unpaired) electrons. The van der Waals surface area contributed by atoms with E-state index in [4.69, 9.17) is 53.1 Å². The van der Waals surface area contributed by atoms with Crippen LogP contribution < -0.4 is 30.7 Å². The Bertz CT molecular complexity index is 1750. The van der Waals surface area contributed by atoms with Gasteiger partial charge in [0.05, 0.1) is 54.0 Å². The number of rotatable bonds is 11. The van der Waals surface area contributed by atoms with E-state index in [1.807, 2.05) is 31.6 Å². The molecule has 2 aliphatic heterocycles. The number of nitrogens with two attached hydrogens (primary N) is 1. The third-order valence-electron chi connectivity index (χ3n) is 8.16. The molecule has 4 N–H and O–H groups in total. The maximum atomic E-state index is 11.6. The van der Waals surface area contributed by atoms with Gasteiger partial charge in [-0.05, 0) is 25.0 Å². The summed E-state index contributed by atoms with van der Waals surface area (Å²) in [5.41, 5.74) is 7.97. The van der Waals surface area contributed by atoms with Crippen LogP contribution in [0.1, 0.15) is 12.8 Å². The molecule has 4 aromatic rings. The summed E-state index contributed by atoms with van der Waals surface area (Å²) in [6, 6.07) is 3.35. The number of nitrogens with one attached hydrogen (secondary N) is 2. The number of benzene rings is 1. The van der Waals surface area contributed by atoms with E-state index in [1.54, 1.807) is 16.9 Å². The molecular weight excluding hydrogens is 633 g/mol. The quantitative estimate of drug-likeness (QED) is 0.196. The monoisotopic (exact) mass is 667 g/mol. The largest absolute Gasteiger partial charge is 0.495 e. The Morgan fingerprint density at radius 2 is 1.93 bits per heavy atom. The number of pyridine rings is 1. The van der Waals surface area contributed by atoms with Crippen molar-refractivity contribution in [1.29, 1.82) is 0 Å².